The lowest BCUT2D eigenvalue weighted by atomic mass is 9.97. The highest BCUT2D eigenvalue weighted by Crippen LogP contribution is 2.19. The molecule has 0 aromatic heterocycles. The van der Waals surface area contributed by atoms with Crippen molar-refractivity contribution in [1.82, 2.24) is 10.6 Å². The van der Waals surface area contributed by atoms with Gasteiger partial charge in [0.2, 0.25) is 5.91 Å². The Balaban J connectivity index is 1.54. The molecule has 2 N–H and O–H groups in total. The highest BCUT2D eigenvalue weighted by atomic mass is 16.1. The fourth-order valence-corrected chi connectivity index (χ4v) is 3.28. The molecule has 20 heavy (non-hydrogen) atoms. The van der Waals surface area contributed by atoms with Crippen LogP contribution in [-0.2, 0) is 4.79 Å². The van der Waals surface area contributed by atoms with Crippen LogP contribution in [-0.4, -0.2) is 25.0 Å². The zero-order valence-electron chi connectivity index (χ0n) is 12.8. The number of hydrogen-bond donors (Lipinski definition) is 2. The molecule has 0 atom stereocenters. The molecule has 1 saturated carbocycles. The molecule has 1 fully saturated rings. The average molecular weight is 278 g/mol. The van der Waals surface area contributed by atoms with E-state index in [4.69, 9.17) is 0 Å². The summed E-state index contributed by atoms with van der Waals surface area (Å²) in [5.74, 6) is 0.175. The van der Waals surface area contributed by atoms with E-state index in [1.165, 1.54) is 64.2 Å². The first kappa shape index (κ1) is 15.6. The summed E-state index contributed by atoms with van der Waals surface area (Å²) in [6.45, 7) is 1.41. The maximum atomic E-state index is 11.9. The molecule has 3 nitrogen and oxygen atoms in total. The van der Waals surface area contributed by atoms with Gasteiger partial charge in [-0.05, 0) is 51.5 Å². The van der Waals surface area contributed by atoms with Crippen molar-refractivity contribution in [3.63, 3.8) is 0 Å². The second-order valence-electron chi connectivity index (χ2n) is 6.29. The van der Waals surface area contributed by atoms with Crippen LogP contribution in [0.3, 0.4) is 0 Å². The molecule has 0 aromatic rings. The molecule has 0 unspecified atom stereocenters. The van der Waals surface area contributed by atoms with E-state index in [1.807, 2.05) is 0 Å². The molecular formula is C17H30N2O. The maximum absolute atomic E-state index is 11.9. The zero-order chi connectivity index (χ0) is 14.0. The molecule has 114 valence electrons. The summed E-state index contributed by atoms with van der Waals surface area (Å²) in [6, 6.07) is 0.424. The summed E-state index contributed by atoms with van der Waals surface area (Å²) >= 11 is 0. The average Bonchev–Trinajstić information content (AvgIpc) is 2.73. The van der Waals surface area contributed by atoms with E-state index < -0.39 is 0 Å². The molecule has 0 bridgehead atoms. The van der Waals surface area contributed by atoms with Crippen molar-refractivity contribution in [2.75, 3.05) is 13.1 Å². The van der Waals surface area contributed by atoms with Gasteiger partial charge < -0.3 is 10.6 Å². The molecule has 1 amide bonds. The van der Waals surface area contributed by atoms with Gasteiger partial charge in [0.25, 0.3) is 0 Å². The van der Waals surface area contributed by atoms with E-state index >= 15 is 0 Å². The third kappa shape index (κ3) is 6.08. The minimum Gasteiger partial charge on any atom is -0.352 e. The fraction of sp³-hybridized carbons (Fsp3) is 0.824. The number of carbonyl (C=O) groups excluding carboxylic acids is 1. The van der Waals surface area contributed by atoms with Crippen LogP contribution in [0.2, 0.25) is 0 Å². The van der Waals surface area contributed by atoms with Crippen molar-refractivity contribution in [3.8, 4) is 0 Å². The largest absolute Gasteiger partial charge is 0.352 e. The van der Waals surface area contributed by atoms with Gasteiger partial charge in [0.05, 0.1) is 6.54 Å². The van der Waals surface area contributed by atoms with E-state index in [-0.39, 0.29) is 5.91 Å². The Labute approximate surface area is 123 Å². The molecule has 2 aliphatic carbocycles. The van der Waals surface area contributed by atoms with Gasteiger partial charge in [-0.15, -0.1) is 0 Å². The lowest BCUT2D eigenvalue weighted by Gasteiger charge is -2.17. The topological polar surface area (TPSA) is 41.1 Å². The van der Waals surface area contributed by atoms with Crippen molar-refractivity contribution in [2.24, 2.45) is 0 Å². The normalized spacial score (nSPS) is 21.1. The molecule has 0 heterocycles. The van der Waals surface area contributed by atoms with Crippen LogP contribution >= 0.6 is 0 Å². The Morgan fingerprint density at radius 3 is 2.60 bits per heavy atom. The number of hydrogen-bond acceptors (Lipinski definition) is 2. The predicted molar refractivity (Wildman–Crippen MR) is 83.7 cm³/mol. The third-order valence-corrected chi connectivity index (χ3v) is 4.51. The van der Waals surface area contributed by atoms with Gasteiger partial charge in [0.1, 0.15) is 0 Å². The van der Waals surface area contributed by atoms with E-state index in [2.05, 4.69) is 16.7 Å². The summed E-state index contributed by atoms with van der Waals surface area (Å²) in [7, 11) is 0. The smallest absolute Gasteiger partial charge is 0.234 e. The lowest BCUT2D eigenvalue weighted by Crippen LogP contribution is -2.40. The first-order valence-corrected chi connectivity index (χ1v) is 8.52. The number of rotatable bonds is 6. The highest BCUT2D eigenvalue weighted by Gasteiger charge is 2.14. The number of amides is 1. The summed E-state index contributed by atoms with van der Waals surface area (Å²) < 4.78 is 0. The van der Waals surface area contributed by atoms with Gasteiger partial charge in [-0.1, -0.05) is 37.3 Å². The van der Waals surface area contributed by atoms with Gasteiger partial charge in [-0.25, -0.2) is 0 Å². The first-order valence-electron chi connectivity index (χ1n) is 8.52. The van der Waals surface area contributed by atoms with Crippen molar-refractivity contribution in [3.05, 3.63) is 11.6 Å². The van der Waals surface area contributed by atoms with Gasteiger partial charge in [0, 0.05) is 6.04 Å². The van der Waals surface area contributed by atoms with Gasteiger partial charge in [-0.3, -0.25) is 4.79 Å². The van der Waals surface area contributed by atoms with Crippen molar-refractivity contribution in [2.45, 2.75) is 76.7 Å². The number of carbonyl (C=O) groups is 1. The van der Waals surface area contributed by atoms with Crippen LogP contribution < -0.4 is 10.6 Å². The quantitative estimate of drug-likeness (QED) is 0.444. The van der Waals surface area contributed by atoms with Crippen LogP contribution in [0.15, 0.2) is 11.6 Å². The third-order valence-electron chi connectivity index (χ3n) is 4.51. The molecule has 0 saturated heterocycles. The fourth-order valence-electron chi connectivity index (χ4n) is 3.28. The summed E-state index contributed by atoms with van der Waals surface area (Å²) in [5, 5.41) is 6.47. The lowest BCUT2D eigenvalue weighted by molar-refractivity contribution is -0.121. The van der Waals surface area contributed by atoms with E-state index in [1.54, 1.807) is 5.57 Å². The number of nitrogens with one attached hydrogen (secondary N) is 2. The van der Waals surface area contributed by atoms with Gasteiger partial charge in [-0.2, -0.15) is 0 Å². The Bertz CT molecular complexity index is 317. The monoisotopic (exact) mass is 278 g/mol. The first-order chi connectivity index (χ1) is 9.84. The summed E-state index contributed by atoms with van der Waals surface area (Å²) in [4.78, 5) is 11.9. The second-order valence-corrected chi connectivity index (χ2v) is 6.29. The van der Waals surface area contributed by atoms with E-state index in [0.29, 0.717) is 12.6 Å². The minimum absolute atomic E-state index is 0.175. The molecule has 0 aliphatic heterocycles. The van der Waals surface area contributed by atoms with Crippen LogP contribution in [0.5, 0.6) is 0 Å². The second kappa shape index (κ2) is 9.17. The molecule has 0 radical (unpaired) electrons. The molecular weight excluding hydrogens is 248 g/mol. The minimum atomic E-state index is 0.175. The molecule has 0 aromatic carbocycles. The Morgan fingerprint density at radius 1 is 1.10 bits per heavy atom. The van der Waals surface area contributed by atoms with Gasteiger partial charge in [0.15, 0.2) is 0 Å². The van der Waals surface area contributed by atoms with Gasteiger partial charge >= 0.3 is 0 Å². The predicted octanol–water partition coefficient (Wildman–Crippen LogP) is 3.31. The highest BCUT2D eigenvalue weighted by molar-refractivity contribution is 5.78. The molecule has 0 spiro atoms. The SMILES string of the molecule is O=C(CNCCC1=CCCCC1)NC1CCCCCC1. The van der Waals surface area contributed by atoms with Crippen LogP contribution in [0.4, 0.5) is 0 Å². The van der Waals surface area contributed by atoms with Crippen LogP contribution in [0.1, 0.15) is 70.6 Å². The van der Waals surface area contributed by atoms with E-state index in [9.17, 15) is 4.79 Å². The maximum Gasteiger partial charge on any atom is 0.234 e. The summed E-state index contributed by atoms with van der Waals surface area (Å²) in [5.41, 5.74) is 1.58. The molecule has 2 aliphatic rings. The summed E-state index contributed by atoms with van der Waals surface area (Å²) in [6.07, 6.45) is 16.2. The Morgan fingerprint density at radius 2 is 1.90 bits per heavy atom. The standard InChI is InChI=1S/C17H30N2O/c20-17(19-16-10-6-1-2-7-11-16)14-18-13-12-15-8-4-3-5-9-15/h8,16,18H,1-7,9-14H2,(H,19,20). The molecule has 3 heteroatoms. The van der Waals surface area contributed by atoms with Crippen molar-refractivity contribution >= 4 is 5.91 Å². The van der Waals surface area contributed by atoms with Crippen LogP contribution in [0, 0.1) is 0 Å². The zero-order valence-corrected chi connectivity index (χ0v) is 12.8. The number of allylic oxidation sites excluding steroid dienone is 1. The molecule has 2 rings (SSSR count). The van der Waals surface area contributed by atoms with Crippen molar-refractivity contribution < 1.29 is 4.79 Å². The Kier molecular flexibility index (Phi) is 7.13. The van der Waals surface area contributed by atoms with E-state index in [0.717, 1.165) is 13.0 Å². The Hall–Kier alpha value is -0.830. The van der Waals surface area contributed by atoms with Crippen molar-refractivity contribution in [1.29, 1.82) is 0 Å². The van der Waals surface area contributed by atoms with Crippen LogP contribution in [0.25, 0.3) is 0 Å².